The number of hydrogen-bond acceptors (Lipinski definition) is 4. The molecule has 0 heterocycles. The van der Waals surface area contributed by atoms with Crippen molar-refractivity contribution in [2.24, 2.45) is 0 Å². The first-order valence-electron chi connectivity index (χ1n) is 9.41. The summed E-state index contributed by atoms with van der Waals surface area (Å²) < 4.78 is 39.7. The van der Waals surface area contributed by atoms with Crippen molar-refractivity contribution in [3.8, 4) is 17.2 Å². The Bertz CT molecular complexity index is 807. The zero-order chi connectivity index (χ0) is 21.1. The normalized spacial score (nSPS) is 10.9. The fraction of sp³-hybridized carbons (Fsp3) is 0.318. The van der Waals surface area contributed by atoms with Crippen LogP contribution in [-0.4, -0.2) is 32.3 Å². The Kier molecular flexibility index (Phi) is 8.95. The lowest BCUT2D eigenvalue weighted by Gasteiger charge is -2.12. The lowest BCUT2D eigenvalue weighted by Crippen LogP contribution is -2.23. The van der Waals surface area contributed by atoms with Gasteiger partial charge in [0.25, 0.3) is 0 Å². The first-order chi connectivity index (χ1) is 14.0. The van der Waals surface area contributed by atoms with E-state index in [4.69, 9.17) is 9.47 Å². The van der Waals surface area contributed by atoms with Crippen LogP contribution in [0.4, 0.5) is 8.78 Å². The van der Waals surface area contributed by atoms with Crippen molar-refractivity contribution < 1.29 is 27.8 Å². The molecule has 0 bridgehead atoms. The van der Waals surface area contributed by atoms with Crippen LogP contribution in [0.5, 0.6) is 17.2 Å². The number of rotatable bonds is 11. The molecule has 0 aliphatic carbocycles. The largest absolute Gasteiger partial charge is 0.490 e. The van der Waals surface area contributed by atoms with Crippen LogP contribution in [0, 0.1) is 0 Å². The number of alkyl halides is 2. The van der Waals surface area contributed by atoms with Crippen molar-refractivity contribution in [1.29, 1.82) is 0 Å². The summed E-state index contributed by atoms with van der Waals surface area (Å²) in [6, 6.07) is 11.8. The van der Waals surface area contributed by atoms with Crippen molar-refractivity contribution in [1.82, 2.24) is 5.32 Å². The summed E-state index contributed by atoms with van der Waals surface area (Å²) in [7, 11) is 0. The van der Waals surface area contributed by atoms with Gasteiger partial charge in [-0.25, -0.2) is 0 Å². The molecule has 1 N–H and O–H groups in total. The van der Waals surface area contributed by atoms with Crippen LogP contribution in [0.25, 0.3) is 6.08 Å². The van der Waals surface area contributed by atoms with Crippen LogP contribution in [0.3, 0.4) is 0 Å². The van der Waals surface area contributed by atoms with Crippen molar-refractivity contribution in [3.63, 3.8) is 0 Å². The molecule has 0 spiro atoms. The van der Waals surface area contributed by atoms with Gasteiger partial charge in [-0.1, -0.05) is 18.2 Å². The summed E-state index contributed by atoms with van der Waals surface area (Å²) in [5, 5.41) is 2.81. The minimum atomic E-state index is -2.86. The Morgan fingerprint density at radius 2 is 1.72 bits per heavy atom. The quantitative estimate of drug-likeness (QED) is 0.561. The molecule has 0 aromatic heterocycles. The molecule has 1 amide bonds. The van der Waals surface area contributed by atoms with Crippen molar-refractivity contribution in [2.45, 2.75) is 26.9 Å². The van der Waals surface area contributed by atoms with Crippen LogP contribution in [0.2, 0.25) is 0 Å². The van der Waals surface area contributed by atoms with E-state index in [1.54, 1.807) is 18.2 Å². The Balaban J connectivity index is 1.83. The maximum Gasteiger partial charge on any atom is 0.387 e. The first kappa shape index (κ1) is 22.2. The van der Waals surface area contributed by atoms with E-state index in [0.29, 0.717) is 43.2 Å². The highest BCUT2D eigenvalue weighted by molar-refractivity contribution is 5.91. The third kappa shape index (κ3) is 7.81. The van der Waals surface area contributed by atoms with Crippen LogP contribution < -0.4 is 19.5 Å². The minimum absolute atomic E-state index is 0.0726. The third-order valence-electron chi connectivity index (χ3n) is 3.85. The third-order valence-corrected chi connectivity index (χ3v) is 3.85. The fourth-order valence-electron chi connectivity index (χ4n) is 2.57. The smallest absolute Gasteiger partial charge is 0.387 e. The number of hydrogen-bond donors (Lipinski definition) is 1. The SMILES string of the molecule is CCOc1ccc(CCNC(=O)C=Cc2ccc(OC(F)F)cc2)cc1OCC. The number of benzene rings is 2. The maximum atomic E-state index is 12.1. The summed E-state index contributed by atoms with van der Waals surface area (Å²) >= 11 is 0. The van der Waals surface area contributed by atoms with Gasteiger partial charge in [-0.2, -0.15) is 8.78 Å². The van der Waals surface area contributed by atoms with E-state index in [1.807, 2.05) is 32.0 Å². The summed E-state index contributed by atoms with van der Waals surface area (Å²) in [5.41, 5.74) is 1.73. The number of nitrogens with one attached hydrogen (secondary N) is 1. The van der Waals surface area contributed by atoms with E-state index >= 15 is 0 Å². The van der Waals surface area contributed by atoms with Gasteiger partial charge in [-0.3, -0.25) is 4.79 Å². The monoisotopic (exact) mass is 405 g/mol. The van der Waals surface area contributed by atoms with Gasteiger partial charge in [-0.05, 0) is 61.7 Å². The standard InChI is InChI=1S/C22H25F2NO4/c1-3-27-19-11-7-17(15-20(19)28-4-2)13-14-25-21(26)12-8-16-5-9-18(10-6-16)29-22(23)24/h5-12,15,22H,3-4,13-14H2,1-2H3,(H,25,26). The summed E-state index contributed by atoms with van der Waals surface area (Å²) in [5.74, 6) is 1.23. The fourth-order valence-corrected chi connectivity index (χ4v) is 2.57. The summed E-state index contributed by atoms with van der Waals surface area (Å²) in [6.07, 6.45) is 3.64. The van der Waals surface area contributed by atoms with Crippen molar-refractivity contribution in [2.75, 3.05) is 19.8 Å². The second kappa shape index (κ2) is 11.7. The number of carbonyl (C=O) groups is 1. The Morgan fingerprint density at radius 1 is 1.03 bits per heavy atom. The lowest BCUT2D eigenvalue weighted by molar-refractivity contribution is -0.116. The molecule has 0 unspecified atom stereocenters. The minimum Gasteiger partial charge on any atom is -0.490 e. The van der Waals surface area contributed by atoms with Crippen LogP contribution >= 0.6 is 0 Å². The number of amides is 1. The Hall–Kier alpha value is -3.09. The molecule has 2 aromatic carbocycles. The van der Waals surface area contributed by atoms with Gasteiger partial charge in [0.2, 0.25) is 5.91 Å². The lowest BCUT2D eigenvalue weighted by atomic mass is 10.1. The van der Waals surface area contributed by atoms with E-state index in [-0.39, 0.29) is 11.7 Å². The van der Waals surface area contributed by atoms with Gasteiger partial charge in [0.05, 0.1) is 13.2 Å². The molecule has 2 aromatic rings. The zero-order valence-corrected chi connectivity index (χ0v) is 16.5. The molecule has 0 saturated heterocycles. The summed E-state index contributed by atoms with van der Waals surface area (Å²) in [6.45, 7) is 2.53. The Labute approximate surface area is 169 Å². The first-order valence-corrected chi connectivity index (χ1v) is 9.41. The number of ether oxygens (including phenoxy) is 3. The van der Waals surface area contributed by atoms with Gasteiger partial charge in [0.1, 0.15) is 5.75 Å². The molecule has 156 valence electrons. The highest BCUT2D eigenvalue weighted by Gasteiger charge is 2.07. The molecule has 29 heavy (non-hydrogen) atoms. The predicted octanol–water partition coefficient (Wildman–Crippen LogP) is 4.46. The van der Waals surface area contributed by atoms with E-state index in [1.165, 1.54) is 18.2 Å². The van der Waals surface area contributed by atoms with Crippen LogP contribution in [-0.2, 0) is 11.2 Å². The average Bonchev–Trinajstić information content (AvgIpc) is 2.69. The number of halogens is 2. The van der Waals surface area contributed by atoms with Crippen molar-refractivity contribution in [3.05, 3.63) is 59.7 Å². The van der Waals surface area contributed by atoms with Gasteiger partial charge in [0.15, 0.2) is 11.5 Å². The van der Waals surface area contributed by atoms with E-state index in [9.17, 15) is 13.6 Å². The second-order valence-corrected chi connectivity index (χ2v) is 5.97. The predicted molar refractivity (Wildman–Crippen MR) is 108 cm³/mol. The van der Waals surface area contributed by atoms with Gasteiger partial charge < -0.3 is 19.5 Å². The molecule has 0 aliphatic heterocycles. The molecule has 0 atom stereocenters. The second-order valence-electron chi connectivity index (χ2n) is 5.97. The highest BCUT2D eigenvalue weighted by Crippen LogP contribution is 2.28. The topological polar surface area (TPSA) is 56.8 Å². The number of carbonyl (C=O) groups excluding carboxylic acids is 1. The molecule has 5 nitrogen and oxygen atoms in total. The summed E-state index contributed by atoms with van der Waals surface area (Å²) in [4.78, 5) is 12.0. The molecule has 0 fully saturated rings. The van der Waals surface area contributed by atoms with Gasteiger partial charge in [0, 0.05) is 12.6 Å². The molecule has 7 heteroatoms. The Morgan fingerprint density at radius 3 is 2.38 bits per heavy atom. The molecule has 0 saturated carbocycles. The molecule has 0 radical (unpaired) electrons. The molecular weight excluding hydrogens is 380 g/mol. The van der Waals surface area contributed by atoms with Gasteiger partial charge >= 0.3 is 6.61 Å². The highest BCUT2D eigenvalue weighted by atomic mass is 19.3. The van der Waals surface area contributed by atoms with E-state index in [2.05, 4.69) is 10.1 Å². The molecular formula is C22H25F2NO4. The van der Waals surface area contributed by atoms with Crippen molar-refractivity contribution >= 4 is 12.0 Å². The molecule has 0 aliphatic rings. The van der Waals surface area contributed by atoms with Gasteiger partial charge in [-0.15, -0.1) is 0 Å². The average molecular weight is 405 g/mol. The maximum absolute atomic E-state index is 12.1. The van der Waals surface area contributed by atoms with Crippen LogP contribution in [0.15, 0.2) is 48.5 Å². The molecule has 2 rings (SSSR count). The zero-order valence-electron chi connectivity index (χ0n) is 16.5. The van der Waals surface area contributed by atoms with E-state index in [0.717, 1.165) is 5.56 Å². The van der Waals surface area contributed by atoms with Crippen LogP contribution in [0.1, 0.15) is 25.0 Å². The van der Waals surface area contributed by atoms with E-state index < -0.39 is 6.61 Å².